The summed E-state index contributed by atoms with van der Waals surface area (Å²) in [6.45, 7) is 21.6. The molecule has 0 atom stereocenters. The Morgan fingerprint density at radius 1 is 0.750 bits per heavy atom. The van der Waals surface area contributed by atoms with E-state index in [0.29, 0.717) is 29.6 Å². The first-order valence-electron chi connectivity index (χ1n) is 14.4. The fourth-order valence-electron chi connectivity index (χ4n) is 3.25. The van der Waals surface area contributed by atoms with Crippen molar-refractivity contribution in [2.75, 3.05) is 0 Å². The van der Waals surface area contributed by atoms with Crippen molar-refractivity contribution in [2.24, 2.45) is 21.8 Å². The lowest BCUT2D eigenvalue weighted by atomic mass is 10.0. The van der Waals surface area contributed by atoms with E-state index >= 15 is 0 Å². The Morgan fingerprint density at radius 3 is 1.73 bits per heavy atom. The molecule has 40 heavy (non-hydrogen) atoms. The average molecular weight is 549 g/mol. The van der Waals surface area contributed by atoms with Crippen molar-refractivity contribution in [1.29, 1.82) is 0 Å². The molecule has 0 saturated carbocycles. The molecule has 0 saturated heterocycles. The summed E-state index contributed by atoms with van der Waals surface area (Å²) in [5.74, 6) is 3.03. The van der Waals surface area contributed by atoms with Crippen molar-refractivity contribution in [2.45, 2.75) is 99.8 Å². The number of aromatic amines is 3. The summed E-state index contributed by atoms with van der Waals surface area (Å²) in [6.07, 6.45) is 19.1. The third-order valence-corrected chi connectivity index (χ3v) is 6.23. The standard InChI is InChI=1S/2C7H11N.3C6H10N2/c1-6(2)7-3-4-8-5-7;1-6(2)7-4-3-5-8-7;1-5(2)6-3-7-4-8-6;1-5(2)6-3-7-8-4-6;1-5(2)6-3-4-7-8-6/h4-6H,3H2,1-2H3;3,5-6H,4H2,1-2H3;3*3-5H,1-2H3,(H,7,8). The van der Waals surface area contributed by atoms with Crippen LogP contribution in [0.3, 0.4) is 0 Å². The van der Waals surface area contributed by atoms with Gasteiger partial charge in [0.2, 0.25) is 0 Å². The summed E-state index contributed by atoms with van der Waals surface area (Å²) in [6, 6.07) is 1.99. The maximum Gasteiger partial charge on any atom is 0.0921 e. The highest BCUT2D eigenvalue weighted by molar-refractivity contribution is 5.89. The Kier molecular flexibility index (Phi) is 16.8. The third-order valence-electron chi connectivity index (χ3n) is 6.23. The number of aromatic nitrogens is 6. The predicted molar refractivity (Wildman–Crippen MR) is 170 cm³/mol. The summed E-state index contributed by atoms with van der Waals surface area (Å²) in [7, 11) is 0. The molecule has 0 fully saturated rings. The van der Waals surface area contributed by atoms with Gasteiger partial charge in [-0.3, -0.25) is 20.2 Å². The second kappa shape index (κ2) is 19.5. The topological polar surface area (TPSA) is 111 Å². The lowest BCUT2D eigenvalue weighted by Gasteiger charge is -2.01. The van der Waals surface area contributed by atoms with Crippen molar-refractivity contribution >= 4 is 11.9 Å². The van der Waals surface area contributed by atoms with Gasteiger partial charge >= 0.3 is 0 Å². The zero-order valence-corrected chi connectivity index (χ0v) is 26.3. The van der Waals surface area contributed by atoms with Gasteiger partial charge in [-0.05, 0) is 46.8 Å². The van der Waals surface area contributed by atoms with E-state index in [0.717, 1.165) is 12.8 Å². The minimum absolute atomic E-state index is 0.567. The van der Waals surface area contributed by atoms with Gasteiger partial charge in [-0.1, -0.05) is 75.3 Å². The largest absolute Gasteiger partial charge is 0.348 e. The Balaban J connectivity index is 0.000000250. The van der Waals surface area contributed by atoms with Crippen molar-refractivity contribution in [3.63, 3.8) is 0 Å². The van der Waals surface area contributed by atoms with Gasteiger partial charge in [0.15, 0.2) is 0 Å². The molecule has 5 heterocycles. The second-order valence-corrected chi connectivity index (χ2v) is 11.3. The molecule has 5 rings (SSSR count). The first-order chi connectivity index (χ1) is 19.0. The summed E-state index contributed by atoms with van der Waals surface area (Å²) in [4.78, 5) is 15.1. The van der Waals surface area contributed by atoms with Crippen LogP contribution in [0.5, 0.6) is 0 Å². The normalized spacial score (nSPS) is 13.3. The van der Waals surface area contributed by atoms with Crippen molar-refractivity contribution < 1.29 is 0 Å². The van der Waals surface area contributed by atoms with Crippen LogP contribution in [0.4, 0.5) is 0 Å². The van der Waals surface area contributed by atoms with Gasteiger partial charge in [0.05, 0.1) is 12.5 Å². The molecule has 3 aromatic heterocycles. The summed E-state index contributed by atoms with van der Waals surface area (Å²) >= 11 is 0. The third kappa shape index (κ3) is 14.6. The highest BCUT2D eigenvalue weighted by Gasteiger charge is 2.04. The van der Waals surface area contributed by atoms with Gasteiger partial charge in [-0.25, -0.2) is 4.98 Å². The first kappa shape index (κ1) is 34.5. The Hall–Kier alpha value is -3.55. The van der Waals surface area contributed by atoms with E-state index in [4.69, 9.17) is 0 Å². The molecule has 8 heteroatoms. The maximum atomic E-state index is 4.17. The molecule has 0 aliphatic carbocycles. The molecule has 2 aliphatic rings. The molecule has 2 aliphatic heterocycles. The molecule has 3 aromatic rings. The highest BCUT2D eigenvalue weighted by atomic mass is 15.1. The maximum absolute atomic E-state index is 4.17. The van der Waals surface area contributed by atoms with Crippen LogP contribution in [0.2, 0.25) is 0 Å². The Morgan fingerprint density at radius 2 is 1.48 bits per heavy atom. The van der Waals surface area contributed by atoms with E-state index < -0.39 is 0 Å². The first-order valence-corrected chi connectivity index (χ1v) is 14.4. The van der Waals surface area contributed by atoms with Crippen molar-refractivity contribution in [1.82, 2.24) is 30.4 Å². The molecule has 0 unspecified atom stereocenters. The van der Waals surface area contributed by atoms with Crippen molar-refractivity contribution in [3.05, 3.63) is 78.2 Å². The second-order valence-electron chi connectivity index (χ2n) is 11.3. The van der Waals surface area contributed by atoms with Crippen LogP contribution in [0.25, 0.3) is 0 Å². The molecule has 220 valence electrons. The van der Waals surface area contributed by atoms with Crippen LogP contribution in [0.15, 0.2) is 71.2 Å². The Labute approximate surface area is 242 Å². The number of aliphatic imine (C=N–C) groups is 2. The smallest absolute Gasteiger partial charge is 0.0921 e. The van der Waals surface area contributed by atoms with E-state index in [-0.39, 0.29) is 0 Å². The SMILES string of the molecule is CC(C)C1=CN=CC1.CC(C)C1=NC=CC1.CC(C)c1ccn[nH]1.CC(C)c1cn[nH]c1.CC(C)c1cnc[nH]1. The quantitative estimate of drug-likeness (QED) is 0.297. The van der Waals surface area contributed by atoms with Crippen LogP contribution in [0, 0.1) is 11.8 Å². The monoisotopic (exact) mass is 548 g/mol. The van der Waals surface area contributed by atoms with E-state index in [1.807, 2.05) is 43.3 Å². The van der Waals surface area contributed by atoms with Crippen LogP contribution < -0.4 is 0 Å². The molecule has 0 bridgehead atoms. The van der Waals surface area contributed by atoms with E-state index in [9.17, 15) is 0 Å². The molecule has 0 amide bonds. The molecule has 8 nitrogen and oxygen atoms in total. The molecule has 0 radical (unpaired) electrons. The lowest BCUT2D eigenvalue weighted by molar-refractivity contribution is 0.759. The lowest BCUT2D eigenvalue weighted by Crippen LogP contribution is -2.02. The average Bonchev–Trinajstić information content (AvgIpc) is 3.74. The summed E-state index contributed by atoms with van der Waals surface area (Å²) in [5, 5.41) is 13.3. The van der Waals surface area contributed by atoms with Gasteiger partial charge in [-0.2, -0.15) is 10.2 Å². The minimum atomic E-state index is 0.567. The van der Waals surface area contributed by atoms with Gasteiger partial charge in [0.25, 0.3) is 0 Å². The number of nitrogens with one attached hydrogen (secondary N) is 3. The van der Waals surface area contributed by atoms with Gasteiger partial charge in [0, 0.05) is 67.1 Å². The summed E-state index contributed by atoms with van der Waals surface area (Å²) in [5.41, 5.74) is 6.43. The van der Waals surface area contributed by atoms with Crippen LogP contribution in [-0.2, 0) is 0 Å². The predicted octanol–water partition coefficient (Wildman–Crippen LogP) is 8.60. The van der Waals surface area contributed by atoms with Crippen LogP contribution in [0.1, 0.15) is 117 Å². The van der Waals surface area contributed by atoms with Gasteiger partial charge in [-0.15, -0.1) is 0 Å². The van der Waals surface area contributed by atoms with Crippen LogP contribution in [-0.4, -0.2) is 42.3 Å². The molecule has 3 N–H and O–H groups in total. The molecular formula is C32H52N8. The zero-order chi connectivity index (χ0) is 29.9. The van der Waals surface area contributed by atoms with Gasteiger partial charge in [0.1, 0.15) is 0 Å². The highest BCUT2D eigenvalue weighted by Crippen LogP contribution is 2.15. The summed E-state index contributed by atoms with van der Waals surface area (Å²) < 4.78 is 0. The Bertz CT molecular complexity index is 987. The minimum Gasteiger partial charge on any atom is -0.348 e. The number of allylic oxidation sites excluding steroid dienone is 2. The van der Waals surface area contributed by atoms with E-state index in [1.54, 1.807) is 12.5 Å². The number of hydrogen-bond donors (Lipinski definition) is 3. The van der Waals surface area contributed by atoms with Crippen molar-refractivity contribution in [3.8, 4) is 0 Å². The van der Waals surface area contributed by atoms with E-state index in [2.05, 4.69) is 116 Å². The number of nitrogens with zero attached hydrogens (tertiary/aromatic N) is 5. The number of imidazole rings is 1. The number of H-pyrrole nitrogens is 3. The fraction of sp³-hybridized carbons (Fsp3) is 0.531. The molecular weight excluding hydrogens is 496 g/mol. The molecule has 0 spiro atoms. The fourth-order valence-corrected chi connectivity index (χ4v) is 3.25. The number of rotatable bonds is 5. The zero-order valence-electron chi connectivity index (χ0n) is 26.3. The number of hydrogen-bond acceptors (Lipinski definition) is 5. The van der Waals surface area contributed by atoms with Crippen LogP contribution >= 0.6 is 0 Å². The van der Waals surface area contributed by atoms with Gasteiger partial charge < -0.3 is 4.98 Å². The molecule has 0 aromatic carbocycles. The van der Waals surface area contributed by atoms with E-state index in [1.165, 1.54) is 28.2 Å².